The summed E-state index contributed by atoms with van der Waals surface area (Å²) in [5.74, 6) is 0. The fourth-order valence-corrected chi connectivity index (χ4v) is 3.35. The van der Waals surface area contributed by atoms with Gasteiger partial charge in [0.1, 0.15) is 6.23 Å². The second-order valence-corrected chi connectivity index (χ2v) is 7.30. The summed E-state index contributed by atoms with van der Waals surface area (Å²) >= 11 is 0. The van der Waals surface area contributed by atoms with E-state index in [2.05, 4.69) is 20.0 Å². The predicted molar refractivity (Wildman–Crippen MR) is 118 cm³/mol. The molecule has 0 amide bonds. The van der Waals surface area contributed by atoms with Crippen molar-refractivity contribution in [1.29, 1.82) is 0 Å². The zero-order valence-electron chi connectivity index (χ0n) is 19.0. The van der Waals surface area contributed by atoms with Crippen molar-refractivity contribution in [2.75, 3.05) is 105 Å². The molecule has 5 N–H and O–H groups in total. The Kier molecular flexibility index (Phi) is 19.4. The largest absolute Gasteiger partial charge is 0.395 e. The van der Waals surface area contributed by atoms with Gasteiger partial charge >= 0.3 is 0 Å². The summed E-state index contributed by atoms with van der Waals surface area (Å²) in [6.45, 7) is 19.3. The molecule has 0 radical (unpaired) electrons. The van der Waals surface area contributed by atoms with E-state index < -0.39 is 0 Å². The van der Waals surface area contributed by atoms with Gasteiger partial charge in [-0.25, -0.2) is 0 Å². The maximum absolute atomic E-state index is 8.94. The first-order valence-corrected chi connectivity index (χ1v) is 11.1. The lowest BCUT2D eigenvalue weighted by molar-refractivity contribution is 0.0265. The zero-order chi connectivity index (χ0) is 21.9. The normalized spacial score (nSPS) is 19.9. The summed E-state index contributed by atoms with van der Waals surface area (Å²) in [6.07, 6.45) is -0.287. The van der Waals surface area contributed by atoms with E-state index in [9.17, 15) is 0 Å². The molecule has 0 aromatic carbocycles. The molecule has 2 aliphatic rings. The minimum Gasteiger partial charge on any atom is -0.395 e. The maximum atomic E-state index is 8.94. The summed E-state index contributed by atoms with van der Waals surface area (Å²) in [6, 6.07) is 0. The molecule has 2 rings (SSSR count). The number of β-amino-alcohol motifs (C(OH)–C–C–N with tert-alkyl or cyclic N) is 3. The van der Waals surface area contributed by atoms with Crippen LogP contribution in [0.4, 0.5) is 0 Å². The molecule has 9 heteroatoms. The van der Waals surface area contributed by atoms with Gasteiger partial charge in [0.15, 0.2) is 0 Å². The molecule has 1 unspecified atom stereocenters. The van der Waals surface area contributed by atoms with E-state index in [1.54, 1.807) is 6.92 Å². The molecule has 0 aromatic rings. The maximum Gasteiger partial charge on any atom is 0.104 e. The Bertz CT molecular complexity index is 318. The van der Waals surface area contributed by atoms with Crippen LogP contribution >= 0.6 is 0 Å². The lowest BCUT2D eigenvalue weighted by Gasteiger charge is -2.33. The van der Waals surface area contributed by atoms with E-state index >= 15 is 0 Å². The van der Waals surface area contributed by atoms with Gasteiger partial charge in [0.2, 0.25) is 0 Å². The minimum absolute atomic E-state index is 0.250. The quantitative estimate of drug-likeness (QED) is 0.274. The van der Waals surface area contributed by atoms with Crippen molar-refractivity contribution in [3.8, 4) is 0 Å². The van der Waals surface area contributed by atoms with Crippen molar-refractivity contribution in [3.63, 3.8) is 0 Å². The number of nitrogens with one attached hydrogen (secondary N) is 1. The molecule has 2 saturated heterocycles. The van der Waals surface area contributed by atoms with E-state index in [1.165, 1.54) is 0 Å². The first-order valence-electron chi connectivity index (χ1n) is 11.1. The van der Waals surface area contributed by atoms with E-state index in [-0.39, 0.29) is 19.4 Å². The smallest absolute Gasteiger partial charge is 0.104 e. The Balaban J connectivity index is 0.000000417. The van der Waals surface area contributed by atoms with Gasteiger partial charge in [0.25, 0.3) is 0 Å². The molecule has 1 atom stereocenters. The monoisotopic (exact) mass is 421 g/mol. The van der Waals surface area contributed by atoms with Crippen LogP contribution in [0, 0.1) is 0 Å². The molecule has 29 heavy (non-hydrogen) atoms. The fraction of sp³-hybridized carbons (Fsp3) is 1.00. The van der Waals surface area contributed by atoms with Gasteiger partial charge < -0.3 is 25.7 Å². The molecule has 0 saturated carbocycles. The lowest BCUT2D eigenvalue weighted by atomic mass is 10.3. The Morgan fingerprint density at radius 1 is 0.724 bits per heavy atom. The Hall–Kier alpha value is -0.360. The highest BCUT2D eigenvalue weighted by molar-refractivity contribution is 4.71. The molecule has 176 valence electrons. The highest BCUT2D eigenvalue weighted by Gasteiger charge is 2.14. The number of hydrogen-bond acceptors (Lipinski definition) is 9. The third-order valence-corrected chi connectivity index (χ3v) is 5.26. The van der Waals surface area contributed by atoms with Gasteiger partial charge in [-0.15, -0.1) is 0 Å². The second-order valence-electron chi connectivity index (χ2n) is 7.30. The van der Waals surface area contributed by atoms with Crippen molar-refractivity contribution in [3.05, 3.63) is 0 Å². The third kappa shape index (κ3) is 15.1. The zero-order valence-corrected chi connectivity index (χ0v) is 19.0. The SMILES string of the molecule is CCN(CC)C(C)O.OCCN1CCN(CCO)CC1.OCCN1CCNCC1. The Labute approximate surface area is 177 Å². The number of hydrogen-bond donors (Lipinski definition) is 5. The minimum atomic E-state index is -0.287. The first kappa shape index (κ1) is 28.6. The highest BCUT2D eigenvalue weighted by Crippen LogP contribution is 1.99. The van der Waals surface area contributed by atoms with Gasteiger partial charge in [0.05, 0.1) is 19.8 Å². The summed E-state index contributed by atoms with van der Waals surface area (Å²) in [7, 11) is 0. The van der Waals surface area contributed by atoms with E-state index in [4.69, 9.17) is 20.4 Å². The summed E-state index contributed by atoms with van der Waals surface area (Å²) in [5, 5.41) is 38.1. The molecule has 2 fully saturated rings. The summed E-state index contributed by atoms with van der Waals surface area (Å²) in [5.41, 5.74) is 0. The van der Waals surface area contributed by atoms with Crippen LogP contribution in [0.15, 0.2) is 0 Å². The molecule has 0 aliphatic carbocycles. The summed E-state index contributed by atoms with van der Waals surface area (Å²) in [4.78, 5) is 8.72. The van der Waals surface area contributed by atoms with E-state index in [1.807, 2.05) is 18.7 Å². The number of aliphatic hydroxyl groups is 4. The van der Waals surface area contributed by atoms with Gasteiger partial charge in [-0.2, -0.15) is 0 Å². The molecule has 9 nitrogen and oxygen atoms in total. The van der Waals surface area contributed by atoms with Gasteiger partial charge in [-0.3, -0.25) is 19.6 Å². The highest BCUT2D eigenvalue weighted by atomic mass is 16.3. The number of nitrogens with zero attached hydrogens (tertiary/aromatic N) is 4. The van der Waals surface area contributed by atoms with Crippen LogP contribution in [0.25, 0.3) is 0 Å². The molecule has 0 spiro atoms. The number of aliphatic hydroxyl groups excluding tert-OH is 4. The molecule has 2 heterocycles. The van der Waals surface area contributed by atoms with Gasteiger partial charge in [-0.1, -0.05) is 13.8 Å². The van der Waals surface area contributed by atoms with E-state index in [0.29, 0.717) is 6.61 Å². The molecular formula is C20H47N5O4. The van der Waals surface area contributed by atoms with Crippen LogP contribution in [-0.2, 0) is 0 Å². The van der Waals surface area contributed by atoms with Gasteiger partial charge in [-0.05, 0) is 20.0 Å². The number of rotatable bonds is 9. The van der Waals surface area contributed by atoms with Crippen molar-refractivity contribution < 1.29 is 20.4 Å². The standard InChI is InChI=1S/C8H18N2O2.C6H14N2O.C6H15NO/c11-7-5-9-1-2-10(4-3-9)6-8-12;9-6-5-8-3-1-7-2-4-8;1-4-7(5-2)6(3)8/h11-12H,1-8H2;7,9H,1-6H2;6,8H,4-5H2,1-3H3. The second kappa shape index (κ2) is 19.6. The van der Waals surface area contributed by atoms with Crippen molar-refractivity contribution in [1.82, 2.24) is 24.9 Å². The van der Waals surface area contributed by atoms with Crippen LogP contribution in [0.3, 0.4) is 0 Å². The van der Waals surface area contributed by atoms with E-state index in [0.717, 1.165) is 85.1 Å². The van der Waals surface area contributed by atoms with Crippen LogP contribution in [0.2, 0.25) is 0 Å². The number of piperazine rings is 2. The van der Waals surface area contributed by atoms with Crippen molar-refractivity contribution >= 4 is 0 Å². The molecular weight excluding hydrogens is 374 g/mol. The topological polar surface area (TPSA) is 106 Å². The third-order valence-electron chi connectivity index (χ3n) is 5.26. The average Bonchev–Trinajstić information content (AvgIpc) is 2.73. The Morgan fingerprint density at radius 3 is 1.31 bits per heavy atom. The summed E-state index contributed by atoms with van der Waals surface area (Å²) < 4.78 is 0. The first-order chi connectivity index (χ1) is 14.0. The molecule has 2 aliphatic heterocycles. The average molecular weight is 422 g/mol. The van der Waals surface area contributed by atoms with Crippen LogP contribution < -0.4 is 5.32 Å². The lowest BCUT2D eigenvalue weighted by Crippen LogP contribution is -2.47. The van der Waals surface area contributed by atoms with Crippen molar-refractivity contribution in [2.24, 2.45) is 0 Å². The fourth-order valence-electron chi connectivity index (χ4n) is 3.35. The van der Waals surface area contributed by atoms with Crippen LogP contribution in [0.1, 0.15) is 20.8 Å². The van der Waals surface area contributed by atoms with Crippen LogP contribution in [-0.4, -0.2) is 151 Å². The Morgan fingerprint density at radius 2 is 1.07 bits per heavy atom. The molecule has 0 aromatic heterocycles. The molecule has 0 bridgehead atoms. The predicted octanol–water partition coefficient (Wildman–Crippen LogP) is -1.86. The van der Waals surface area contributed by atoms with Crippen molar-refractivity contribution in [2.45, 2.75) is 27.0 Å². The van der Waals surface area contributed by atoms with Crippen LogP contribution in [0.5, 0.6) is 0 Å². The van der Waals surface area contributed by atoms with Gasteiger partial charge in [0, 0.05) is 72.0 Å².